The molecular weight excluding hydrogens is 414 g/mol. The number of carbonyl (C=O) groups is 2. The molecule has 0 aromatic carbocycles. The van der Waals surface area contributed by atoms with E-state index < -0.39 is 71.3 Å². The first kappa shape index (κ1) is 26.1. The molecule has 0 aliphatic heterocycles. The number of phosphoric acid groups is 2. The zero-order chi connectivity index (χ0) is 21.5. The normalized spacial score (nSPS) is 18.9. The summed E-state index contributed by atoms with van der Waals surface area (Å²) in [6, 6.07) is 0. The smallest absolute Gasteiger partial charge is 0.472 e. The summed E-state index contributed by atoms with van der Waals surface area (Å²) in [5.41, 5.74) is -3.58. The molecular formula is C12H24O13P2. The molecule has 15 heteroatoms. The molecule has 13 nitrogen and oxygen atoms in total. The lowest BCUT2D eigenvalue weighted by molar-refractivity contribution is -0.143. The predicted octanol–water partition coefficient (Wildman–Crippen LogP) is 0.469. The minimum absolute atomic E-state index is 0.329. The second-order valence-electron chi connectivity index (χ2n) is 6.30. The van der Waals surface area contributed by atoms with Crippen molar-refractivity contribution in [2.75, 3.05) is 13.2 Å². The van der Waals surface area contributed by atoms with E-state index in [1.807, 2.05) is 0 Å². The summed E-state index contributed by atoms with van der Waals surface area (Å²) in [7, 11) is -9.67. The van der Waals surface area contributed by atoms with Gasteiger partial charge in [0.25, 0.3) is 0 Å². The Morgan fingerprint density at radius 3 is 1.81 bits per heavy atom. The van der Waals surface area contributed by atoms with Crippen molar-refractivity contribution < 1.29 is 62.3 Å². The predicted molar refractivity (Wildman–Crippen MR) is 87.6 cm³/mol. The monoisotopic (exact) mass is 438 g/mol. The van der Waals surface area contributed by atoms with Gasteiger partial charge in [0.2, 0.25) is 0 Å². The molecule has 0 aliphatic rings. The number of carboxylic acids is 2. The Hall–Kier alpha value is -0.880. The first-order valence-corrected chi connectivity index (χ1v) is 10.5. The van der Waals surface area contributed by atoms with Gasteiger partial charge >= 0.3 is 27.6 Å². The standard InChI is InChI=1S/C12H24O13P2/c1-11(17,7-9(13)14)3-5-24-27(21,22)25-12(2,8-10(15)16)4-6-23-26(18,19)20/h17H,3-8H2,1-2H3,(H,13,14)(H,15,16)(H,21,22)(H2,18,19,20). The summed E-state index contributed by atoms with van der Waals surface area (Å²) in [4.78, 5) is 48.5. The molecule has 0 fully saturated rings. The third-order valence-electron chi connectivity index (χ3n) is 3.18. The van der Waals surface area contributed by atoms with E-state index >= 15 is 0 Å². The molecule has 0 aliphatic carbocycles. The lowest BCUT2D eigenvalue weighted by atomic mass is 9.99. The highest BCUT2D eigenvalue weighted by Gasteiger charge is 2.38. The van der Waals surface area contributed by atoms with Crippen LogP contribution in [0.15, 0.2) is 0 Å². The Morgan fingerprint density at radius 2 is 1.37 bits per heavy atom. The van der Waals surface area contributed by atoms with Crippen molar-refractivity contribution in [2.45, 2.75) is 50.7 Å². The van der Waals surface area contributed by atoms with Crippen LogP contribution in [-0.4, -0.2) is 66.4 Å². The van der Waals surface area contributed by atoms with Crippen LogP contribution in [0.3, 0.4) is 0 Å². The highest BCUT2D eigenvalue weighted by Crippen LogP contribution is 2.49. The molecule has 0 aromatic heterocycles. The van der Waals surface area contributed by atoms with Gasteiger partial charge in [0.15, 0.2) is 0 Å². The van der Waals surface area contributed by atoms with Crippen LogP contribution >= 0.6 is 15.6 Å². The average Bonchev–Trinajstić information content (AvgIpc) is 2.31. The van der Waals surface area contributed by atoms with Crippen LogP contribution in [0.5, 0.6) is 0 Å². The van der Waals surface area contributed by atoms with Gasteiger partial charge < -0.3 is 30.0 Å². The molecule has 0 spiro atoms. The number of aliphatic carboxylic acids is 2. The minimum atomic E-state index is -4.84. The second-order valence-corrected chi connectivity index (χ2v) is 8.92. The van der Waals surface area contributed by atoms with Gasteiger partial charge in [-0.25, -0.2) is 9.13 Å². The maximum Gasteiger partial charge on any atom is 0.472 e. The SMILES string of the molecule is CC(O)(CCOP(=O)(O)OC(C)(CCOP(=O)(O)O)CC(=O)O)CC(=O)O. The summed E-state index contributed by atoms with van der Waals surface area (Å²) in [6.45, 7) is 1.05. The Morgan fingerprint density at radius 1 is 0.889 bits per heavy atom. The number of carboxylic acid groups (broad SMARTS) is 2. The molecule has 0 amide bonds. The Kier molecular flexibility index (Phi) is 9.73. The van der Waals surface area contributed by atoms with E-state index in [9.17, 15) is 28.7 Å². The summed E-state index contributed by atoms with van der Waals surface area (Å²) < 4.78 is 36.3. The molecule has 160 valence electrons. The topological polar surface area (TPSA) is 217 Å². The fourth-order valence-electron chi connectivity index (χ4n) is 1.97. The Balaban J connectivity index is 4.86. The van der Waals surface area contributed by atoms with Crippen molar-refractivity contribution in [3.63, 3.8) is 0 Å². The van der Waals surface area contributed by atoms with E-state index in [0.29, 0.717) is 0 Å². The molecule has 3 atom stereocenters. The number of rotatable bonds is 14. The van der Waals surface area contributed by atoms with Crippen LogP contribution < -0.4 is 0 Å². The zero-order valence-corrected chi connectivity index (χ0v) is 16.5. The lowest BCUT2D eigenvalue weighted by Gasteiger charge is -2.30. The first-order chi connectivity index (χ1) is 12.0. The minimum Gasteiger partial charge on any atom is -0.481 e. The quantitative estimate of drug-likeness (QED) is 0.203. The van der Waals surface area contributed by atoms with Gasteiger partial charge in [0.05, 0.1) is 37.3 Å². The summed E-state index contributed by atoms with van der Waals surface area (Å²) in [5, 5.41) is 27.3. The van der Waals surface area contributed by atoms with E-state index in [1.165, 1.54) is 6.92 Å². The Labute approximate surface area is 154 Å². The van der Waals surface area contributed by atoms with Gasteiger partial charge in [-0.3, -0.25) is 23.2 Å². The molecule has 0 rings (SSSR count). The first-order valence-electron chi connectivity index (χ1n) is 7.49. The number of hydrogen-bond acceptors (Lipinski definition) is 8. The molecule has 6 N–H and O–H groups in total. The van der Waals surface area contributed by atoms with E-state index in [0.717, 1.165) is 6.92 Å². The molecule has 0 radical (unpaired) electrons. The largest absolute Gasteiger partial charge is 0.481 e. The fourth-order valence-corrected chi connectivity index (χ4v) is 3.38. The maximum absolute atomic E-state index is 12.0. The van der Waals surface area contributed by atoms with Crippen LogP contribution in [0, 0.1) is 0 Å². The maximum atomic E-state index is 12.0. The molecule has 0 bridgehead atoms. The zero-order valence-electron chi connectivity index (χ0n) is 14.7. The number of hydrogen-bond donors (Lipinski definition) is 6. The van der Waals surface area contributed by atoms with E-state index in [-0.39, 0.29) is 6.42 Å². The lowest BCUT2D eigenvalue weighted by Crippen LogP contribution is -2.33. The van der Waals surface area contributed by atoms with Crippen LogP contribution in [0.25, 0.3) is 0 Å². The second kappa shape index (κ2) is 10.1. The van der Waals surface area contributed by atoms with Crippen molar-refractivity contribution >= 4 is 27.6 Å². The summed E-state index contributed by atoms with van der Waals surface area (Å²) >= 11 is 0. The van der Waals surface area contributed by atoms with Crippen molar-refractivity contribution in [1.82, 2.24) is 0 Å². The molecule has 0 saturated heterocycles. The van der Waals surface area contributed by atoms with Crippen LogP contribution in [-0.2, 0) is 32.3 Å². The summed E-state index contributed by atoms with van der Waals surface area (Å²) in [6.07, 6.45) is -2.23. The Bertz CT molecular complexity index is 612. The molecule has 27 heavy (non-hydrogen) atoms. The van der Waals surface area contributed by atoms with Crippen LogP contribution in [0.4, 0.5) is 0 Å². The highest BCUT2D eigenvalue weighted by molar-refractivity contribution is 7.47. The van der Waals surface area contributed by atoms with Gasteiger partial charge in [0.1, 0.15) is 0 Å². The molecule has 0 saturated carbocycles. The third-order valence-corrected chi connectivity index (χ3v) is 4.88. The van der Waals surface area contributed by atoms with Crippen molar-refractivity contribution in [2.24, 2.45) is 0 Å². The average molecular weight is 438 g/mol. The summed E-state index contributed by atoms with van der Waals surface area (Å²) in [5.74, 6) is -2.71. The third kappa shape index (κ3) is 13.9. The van der Waals surface area contributed by atoms with E-state index in [4.69, 9.17) is 24.5 Å². The van der Waals surface area contributed by atoms with Crippen molar-refractivity contribution in [1.29, 1.82) is 0 Å². The van der Waals surface area contributed by atoms with E-state index in [1.54, 1.807) is 0 Å². The molecule has 3 unspecified atom stereocenters. The van der Waals surface area contributed by atoms with Gasteiger partial charge in [-0.1, -0.05) is 0 Å². The molecule has 0 heterocycles. The molecule has 0 aromatic rings. The van der Waals surface area contributed by atoms with Crippen molar-refractivity contribution in [3.05, 3.63) is 0 Å². The van der Waals surface area contributed by atoms with E-state index in [2.05, 4.69) is 9.05 Å². The highest BCUT2D eigenvalue weighted by atomic mass is 31.2. The van der Waals surface area contributed by atoms with Gasteiger partial charge in [-0.05, 0) is 13.8 Å². The van der Waals surface area contributed by atoms with Gasteiger partial charge in [-0.2, -0.15) is 0 Å². The van der Waals surface area contributed by atoms with Crippen LogP contribution in [0.2, 0.25) is 0 Å². The fraction of sp³-hybridized carbons (Fsp3) is 0.833. The number of phosphoric ester groups is 2. The van der Waals surface area contributed by atoms with Crippen molar-refractivity contribution in [3.8, 4) is 0 Å². The van der Waals surface area contributed by atoms with Crippen LogP contribution in [0.1, 0.15) is 39.5 Å². The van der Waals surface area contributed by atoms with Gasteiger partial charge in [0, 0.05) is 12.8 Å². The van der Waals surface area contributed by atoms with Gasteiger partial charge in [-0.15, -0.1) is 0 Å². The number of aliphatic hydroxyl groups is 1.